The Bertz CT molecular complexity index is 1150. The van der Waals surface area contributed by atoms with Crippen molar-refractivity contribution in [2.24, 2.45) is 5.10 Å². The van der Waals surface area contributed by atoms with Crippen LogP contribution < -0.4 is 5.43 Å². The summed E-state index contributed by atoms with van der Waals surface area (Å²) in [6, 6.07) is 22.5. The van der Waals surface area contributed by atoms with Gasteiger partial charge in [0, 0.05) is 11.1 Å². The van der Waals surface area contributed by atoms with Crippen LogP contribution >= 0.6 is 0 Å². The average Bonchev–Trinajstić information content (AvgIpc) is 3.19. The van der Waals surface area contributed by atoms with Crippen molar-refractivity contribution in [3.63, 3.8) is 0 Å². The van der Waals surface area contributed by atoms with E-state index in [4.69, 9.17) is 0 Å². The van der Waals surface area contributed by atoms with Crippen LogP contribution in [0.4, 0.5) is 0 Å². The number of H-pyrrole nitrogens is 1. The summed E-state index contributed by atoms with van der Waals surface area (Å²) in [5, 5.41) is 22.7. The number of carbonyl (C=O) groups is 1. The van der Waals surface area contributed by atoms with Crippen molar-refractivity contribution in [2.75, 3.05) is 0 Å². The zero-order valence-electron chi connectivity index (χ0n) is 14.3. The second-order valence-electron chi connectivity index (χ2n) is 5.99. The molecule has 3 aromatic carbocycles. The fraction of sp³-hybridized carbons (Fsp3) is 0. The molecular weight excluding hydrogens is 340 g/mol. The highest BCUT2D eigenvalue weighted by Crippen LogP contribution is 2.23. The first-order valence-corrected chi connectivity index (χ1v) is 8.37. The van der Waals surface area contributed by atoms with Crippen LogP contribution in [0.15, 0.2) is 77.9 Å². The first-order valence-electron chi connectivity index (χ1n) is 8.37. The van der Waals surface area contributed by atoms with Gasteiger partial charge in [0.05, 0.1) is 11.9 Å². The molecule has 0 unspecified atom stereocenters. The Morgan fingerprint density at radius 2 is 1.78 bits per heavy atom. The summed E-state index contributed by atoms with van der Waals surface area (Å²) in [4.78, 5) is 12.2. The molecule has 0 saturated heterocycles. The summed E-state index contributed by atoms with van der Waals surface area (Å²) in [5.74, 6) is -0.322. The largest absolute Gasteiger partial charge is 0.507 e. The number of amides is 1. The van der Waals surface area contributed by atoms with Crippen LogP contribution in [0, 0.1) is 0 Å². The van der Waals surface area contributed by atoms with Gasteiger partial charge in [0.15, 0.2) is 0 Å². The first-order chi connectivity index (χ1) is 13.2. The number of nitrogens with zero attached hydrogens (tertiary/aromatic N) is 2. The summed E-state index contributed by atoms with van der Waals surface area (Å²) >= 11 is 0. The molecule has 0 atom stereocenters. The predicted octanol–water partition coefficient (Wildman–Crippen LogP) is 3.70. The normalized spacial score (nSPS) is 11.1. The Morgan fingerprint density at radius 3 is 2.63 bits per heavy atom. The molecule has 1 amide bonds. The van der Waals surface area contributed by atoms with Crippen LogP contribution in [-0.4, -0.2) is 27.4 Å². The van der Waals surface area contributed by atoms with Gasteiger partial charge in [0.2, 0.25) is 0 Å². The SMILES string of the molecule is O=C(NN=Cc1ccccc1O)c1cc(-c2ccc3ccccc3c2)n[nH]1. The first kappa shape index (κ1) is 16.5. The molecule has 0 spiro atoms. The third kappa shape index (κ3) is 3.55. The van der Waals surface area contributed by atoms with Crippen LogP contribution in [0.2, 0.25) is 0 Å². The number of fused-ring (bicyclic) bond motifs is 1. The topological polar surface area (TPSA) is 90.4 Å². The molecule has 0 aliphatic rings. The average molecular weight is 356 g/mol. The zero-order valence-corrected chi connectivity index (χ0v) is 14.3. The van der Waals surface area contributed by atoms with Gasteiger partial charge in [0.25, 0.3) is 5.91 Å². The fourth-order valence-corrected chi connectivity index (χ4v) is 2.75. The molecule has 4 aromatic rings. The third-order valence-electron chi connectivity index (χ3n) is 4.17. The number of benzene rings is 3. The number of hydrogen-bond donors (Lipinski definition) is 3. The number of carbonyl (C=O) groups excluding carboxylic acids is 1. The molecule has 3 N–H and O–H groups in total. The van der Waals surface area contributed by atoms with Crippen LogP contribution in [0.25, 0.3) is 22.0 Å². The summed E-state index contributed by atoms with van der Waals surface area (Å²) in [5.41, 5.74) is 4.82. The van der Waals surface area contributed by atoms with Crippen molar-refractivity contribution in [2.45, 2.75) is 0 Å². The molecule has 6 nitrogen and oxygen atoms in total. The lowest BCUT2D eigenvalue weighted by Crippen LogP contribution is -2.18. The van der Waals surface area contributed by atoms with Gasteiger partial charge in [-0.1, -0.05) is 48.5 Å². The lowest BCUT2D eigenvalue weighted by atomic mass is 10.1. The van der Waals surface area contributed by atoms with Gasteiger partial charge in [-0.25, -0.2) is 5.43 Å². The Morgan fingerprint density at radius 1 is 1.00 bits per heavy atom. The highest BCUT2D eigenvalue weighted by molar-refractivity contribution is 5.95. The molecular formula is C21H16N4O2. The Labute approximate surface area is 155 Å². The molecule has 0 saturated carbocycles. The summed E-state index contributed by atoms with van der Waals surface area (Å²) in [7, 11) is 0. The van der Waals surface area contributed by atoms with Gasteiger partial charge in [0.1, 0.15) is 11.4 Å². The summed E-state index contributed by atoms with van der Waals surface area (Å²) < 4.78 is 0. The van der Waals surface area contributed by atoms with Crippen LogP contribution in [-0.2, 0) is 0 Å². The van der Waals surface area contributed by atoms with Crippen molar-refractivity contribution in [3.05, 3.63) is 84.1 Å². The number of aromatic amines is 1. The van der Waals surface area contributed by atoms with Crippen molar-refractivity contribution in [3.8, 4) is 17.0 Å². The minimum absolute atomic E-state index is 0.0932. The number of aromatic hydroxyl groups is 1. The van der Waals surface area contributed by atoms with Gasteiger partial charge >= 0.3 is 0 Å². The number of para-hydroxylation sites is 1. The summed E-state index contributed by atoms with van der Waals surface area (Å²) in [6.45, 7) is 0. The predicted molar refractivity (Wildman–Crippen MR) is 105 cm³/mol. The minimum atomic E-state index is -0.416. The fourth-order valence-electron chi connectivity index (χ4n) is 2.75. The molecule has 1 aromatic heterocycles. The molecule has 0 fully saturated rings. The molecule has 0 radical (unpaired) electrons. The second-order valence-corrected chi connectivity index (χ2v) is 5.99. The monoisotopic (exact) mass is 356 g/mol. The van der Waals surface area contributed by atoms with Gasteiger partial charge in [-0.05, 0) is 35.0 Å². The van der Waals surface area contributed by atoms with E-state index in [1.807, 2.05) is 42.5 Å². The van der Waals surface area contributed by atoms with Crippen LogP contribution in [0.3, 0.4) is 0 Å². The molecule has 4 rings (SSSR count). The highest BCUT2D eigenvalue weighted by Gasteiger charge is 2.11. The van der Waals surface area contributed by atoms with Crippen molar-refractivity contribution < 1.29 is 9.90 Å². The molecule has 0 aliphatic carbocycles. The van der Waals surface area contributed by atoms with Crippen molar-refractivity contribution >= 4 is 22.9 Å². The number of hydrazone groups is 1. The maximum Gasteiger partial charge on any atom is 0.289 e. The summed E-state index contributed by atoms with van der Waals surface area (Å²) in [6.07, 6.45) is 1.38. The van der Waals surface area contributed by atoms with E-state index in [1.54, 1.807) is 30.3 Å². The van der Waals surface area contributed by atoms with E-state index in [9.17, 15) is 9.90 Å². The zero-order chi connectivity index (χ0) is 18.6. The Kier molecular flexibility index (Phi) is 4.37. The van der Waals surface area contributed by atoms with Crippen molar-refractivity contribution in [1.29, 1.82) is 0 Å². The van der Waals surface area contributed by atoms with E-state index in [0.717, 1.165) is 16.3 Å². The van der Waals surface area contributed by atoms with Crippen LogP contribution in [0.1, 0.15) is 16.1 Å². The van der Waals surface area contributed by atoms with Gasteiger partial charge < -0.3 is 5.11 Å². The van der Waals surface area contributed by atoms with Gasteiger partial charge in [-0.2, -0.15) is 10.2 Å². The lowest BCUT2D eigenvalue weighted by molar-refractivity contribution is 0.0950. The van der Waals surface area contributed by atoms with E-state index in [1.165, 1.54) is 6.21 Å². The Hall–Kier alpha value is -3.93. The standard InChI is InChI=1S/C21H16N4O2/c26-20-8-4-3-7-17(20)13-22-25-21(27)19-12-18(23-24-19)16-10-9-14-5-1-2-6-15(14)11-16/h1-13,26H,(H,23,24)(H,25,27). The van der Waals surface area contributed by atoms with E-state index in [-0.39, 0.29) is 5.75 Å². The maximum atomic E-state index is 12.2. The second kappa shape index (κ2) is 7.13. The van der Waals surface area contributed by atoms with Crippen LogP contribution in [0.5, 0.6) is 5.75 Å². The molecule has 6 heteroatoms. The Balaban J connectivity index is 1.49. The van der Waals surface area contributed by atoms with E-state index >= 15 is 0 Å². The number of aromatic nitrogens is 2. The quantitative estimate of drug-likeness (QED) is 0.385. The number of rotatable bonds is 4. The number of phenols is 1. The molecule has 27 heavy (non-hydrogen) atoms. The number of phenolic OH excluding ortho intramolecular Hbond substituents is 1. The molecule has 0 bridgehead atoms. The van der Waals surface area contributed by atoms with Gasteiger partial charge in [-0.15, -0.1) is 0 Å². The molecule has 132 valence electrons. The molecule has 1 heterocycles. The maximum absolute atomic E-state index is 12.2. The van der Waals surface area contributed by atoms with E-state index in [2.05, 4.69) is 20.7 Å². The van der Waals surface area contributed by atoms with E-state index < -0.39 is 5.91 Å². The minimum Gasteiger partial charge on any atom is -0.507 e. The lowest BCUT2D eigenvalue weighted by Gasteiger charge is -2.00. The highest BCUT2D eigenvalue weighted by atomic mass is 16.3. The van der Waals surface area contributed by atoms with Gasteiger partial charge in [-0.3, -0.25) is 9.89 Å². The molecule has 0 aliphatic heterocycles. The van der Waals surface area contributed by atoms with E-state index in [0.29, 0.717) is 17.0 Å². The van der Waals surface area contributed by atoms with Crippen molar-refractivity contribution in [1.82, 2.24) is 15.6 Å². The number of nitrogens with one attached hydrogen (secondary N) is 2. The third-order valence-corrected chi connectivity index (χ3v) is 4.17. The smallest absolute Gasteiger partial charge is 0.289 e. The number of hydrogen-bond acceptors (Lipinski definition) is 4.